The molecule has 0 aliphatic rings. The van der Waals surface area contributed by atoms with E-state index in [9.17, 15) is 54.9 Å². The molecular weight excluding hydrogens is 1150 g/mol. The Labute approximate surface area is 520 Å². The van der Waals surface area contributed by atoms with Crippen LogP contribution in [0.1, 0.15) is 259 Å². The third-order valence-electron chi connectivity index (χ3n) is 13.6. The number of phenolic OH excluding ortho intramolecular Hbond substituents is 4. The van der Waals surface area contributed by atoms with Crippen molar-refractivity contribution in [3.8, 4) is 23.0 Å². The normalized spacial score (nSPS) is 12.3. The van der Waals surface area contributed by atoms with Gasteiger partial charge in [0.05, 0.1) is 0 Å². The molecule has 1 radical (unpaired) electrons. The molecule has 0 bridgehead atoms. The summed E-state index contributed by atoms with van der Waals surface area (Å²) in [5.41, 5.74) is 9.17. The van der Waals surface area contributed by atoms with E-state index in [0.29, 0.717) is 48.7 Å². The number of hydrogen-bond acceptors (Lipinski definition) is 11. The van der Waals surface area contributed by atoms with E-state index < -0.39 is 23.9 Å². The number of carbonyl (C=O) groups excluding carboxylic acids is 3. The van der Waals surface area contributed by atoms with Gasteiger partial charge in [0.2, 0.25) is 0 Å². The molecule has 0 fully saturated rings. The first-order chi connectivity index (χ1) is 35.7. The van der Waals surface area contributed by atoms with Crippen LogP contribution in [0.5, 0.6) is 23.0 Å². The number of phenols is 4. The first-order valence-corrected chi connectivity index (χ1v) is 28.0. The smallest absolute Gasteiger partial charge is 0.550 e. The van der Waals surface area contributed by atoms with E-state index in [2.05, 4.69) is 41.5 Å². The van der Waals surface area contributed by atoms with E-state index in [4.69, 9.17) is 5.11 Å². The number of carboxylic acid groups (broad SMARTS) is 4. The second-order valence-electron chi connectivity index (χ2n) is 29.7. The number of benzene rings is 4. The third-order valence-corrected chi connectivity index (χ3v) is 13.6. The number of aromatic hydroxyl groups is 4. The SMILES string of the molecule is CC(C)(C)c1cc(CCC(=O)O)cc(C(C)(C)C)c1O.CC(C)(C)c1cc(CCC(=O)[O-])cc(C(C)(C)C)c1O.CC(C)(C)c1cc(CCC(=O)[O-])cc(C(C)(C)C)c1O.CC(C)(C)c1cc(CCC(=O)[O-])cc(C(C)(C)C)c1O.[Nd+3]. The molecule has 81 heavy (non-hydrogen) atoms. The Balaban J connectivity index is 0.00000105. The molecule has 0 aromatic heterocycles. The van der Waals surface area contributed by atoms with Crippen LogP contribution in [-0.4, -0.2) is 49.4 Å². The van der Waals surface area contributed by atoms with Crippen LogP contribution in [-0.2, 0) is 88.2 Å². The molecule has 5 N–H and O–H groups in total. The molecule has 0 heterocycles. The minimum atomic E-state index is -1.05. The van der Waals surface area contributed by atoms with Crippen LogP contribution < -0.4 is 15.3 Å². The van der Waals surface area contributed by atoms with Crippen LogP contribution in [0.25, 0.3) is 0 Å². The van der Waals surface area contributed by atoms with Crippen LogP contribution in [0, 0.1) is 40.8 Å². The minimum absolute atomic E-state index is 0. The summed E-state index contributed by atoms with van der Waals surface area (Å²) in [6.07, 6.45) is 1.87. The van der Waals surface area contributed by atoms with Crippen LogP contribution >= 0.6 is 0 Å². The molecule has 449 valence electrons. The first kappa shape index (κ1) is 76.3. The van der Waals surface area contributed by atoms with Crippen molar-refractivity contribution < 1.29 is 101 Å². The maximum absolute atomic E-state index is 10.8. The van der Waals surface area contributed by atoms with Crippen LogP contribution in [0.4, 0.5) is 0 Å². The van der Waals surface area contributed by atoms with E-state index in [-0.39, 0.29) is 110 Å². The average molecular weight is 1250 g/mol. The Morgan fingerprint density at radius 3 is 0.519 bits per heavy atom. The molecule has 0 atom stereocenters. The standard InChI is InChI=1S/4C17H26O3.Nd/c4*1-16(2,3)12-9-11(7-8-14(18)19)10-13(15(12)20)17(4,5)6;/h4*9-10,20H,7-8H2,1-6H3,(H,18,19);/q;;;;+3/p-3. The summed E-state index contributed by atoms with van der Waals surface area (Å²) in [6, 6.07) is 15.3. The summed E-state index contributed by atoms with van der Waals surface area (Å²) in [4.78, 5) is 42.7. The van der Waals surface area contributed by atoms with E-state index in [1.807, 2.05) is 173 Å². The van der Waals surface area contributed by atoms with Gasteiger partial charge in [-0.3, -0.25) is 4.79 Å². The molecule has 0 aliphatic heterocycles. The second-order valence-corrected chi connectivity index (χ2v) is 29.7. The van der Waals surface area contributed by atoms with Crippen LogP contribution in [0.15, 0.2) is 48.5 Å². The van der Waals surface area contributed by atoms with Gasteiger partial charge in [-0.15, -0.1) is 0 Å². The molecule has 4 rings (SSSR count). The van der Waals surface area contributed by atoms with Gasteiger partial charge in [-0.05, 0) is 155 Å². The summed E-state index contributed by atoms with van der Waals surface area (Å²) >= 11 is 0. The Morgan fingerprint density at radius 2 is 0.420 bits per heavy atom. The monoisotopic (exact) mass is 1250 g/mol. The van der Waals surface area contributed by atoms with Gasteiger partial charge in [0.1, 0.15) is 23.0 Å². The molecule has 0 unspecified atom stereocenters. The van der Waals surface area contributed by atoms with Gasteiger partial charge in [-0.25, -0.2) is 0 Å². The number of rotatable bonds is 12. The molecule has 4 aromatic rings. The number of carbonyl (C=O) groups is 4. The van der Waals surface area contributed by atoms with E-state index in [0.717, 1.165) is 66.8 Å². The number of aliphatic carboxylic acids is 4. The summed E-state index contributed by atoms with van der Waals surface area (Å²) in [5.74, 6) is -2.64. The molecule has 0 aliphatic carbocycles. The van der Waals surface area contributed by atoms with Crippen molar-refractivity contribution in [2.75, 3.05) is 0 Å². The topological polar surface area (TPSA) is 239 Å². The van der Waals surface area contributed by atoms with E-state index in [1.54, 1.807) is 0 Å². The summed E-state index contributed by atoms with van der Waals surface area (Å²) in [6.45, 7) is 49.0. The van der Waals surface area contributed by atoms with Crippen LogP contribution in [0.3, 0.4) is 0 Å². The number of hydrogen-bond donors (Lipinski definition) is 5. The zero-order valence-corrected chi connectivity index (χ0v) is 57.1. The van der Waals surface area contributed by atoms with Gasteiger partial charge in [0.25, 0.3) is 0 Å². The maximum Gasteiger partial charge on any atom is 3.00 e. The summed E-state index contributed by atoms with van der Waals surface area (Å²) in [5, 5.41) is 82.9. The Morgan fingerprint density at radius 1 is 0.296 bits per heavy atom. The zero-order chi connectivity index (χ0) is 62.9. The molecular formula is C68H101NdO12. The van der Waals surface area contributed by atoms with Crippen molar-refractivity contribution in [2.45, 2.75) is 261 Å². The largest absolute Gasteiger partial charge is 3.00 e. The zero-order valence-electron chi connectivity index (χ0n) is 53.9. The Hall–Kier alpha value is -4.69. The Bertz CT molecular complexity index is 2260. The average Bonchev–Trinajstić information content (AvgIpc) is 3.24. The quantitative estimate of drug-likeness (QED) is 0.0890. The molecule has 12 nitrogen and oxygen atoms in total. The van der Waals surface area contributed by atoms with Crippen molar-refractivity contribution in [1.82, 2.24) is 0 Å². The molecule has 0 spiro atoms. The van der Waals surface area contributed by atoms with Crippen molar-refractivity contribution in [2.24, 2.45) is 0 Å². The molecule has 0 saturated carbocycles. The van der Waals surface area contributed by atoms with Gasteiger partial charge in [-0.1, -0.05) is 215 Å². The van der Waals surface area contributed by atoms with Crippen molar-refractivity contribution in [1.29, 1.82) is 0 Å². The fourth-order valence-corrected chi connectivity index (χ4v) is 8.92. The van der Waals surface area contributed by atoms with Gasteiger partial charge >= 0.3 is 46.8 Å². The van der Waals surface area contributed by atoms with Gasteiger partial charge in [-0.2, -0.15) is 0 Å². The predicted molar refractivity (Wildman–Crippen MR) is 318 cm³/mol. The number of carboxylic acids is 4. The molecule has 13 heteroatoms. The minimum Gasteiger partial charge on any atom is -0.550 e. The van der Waals surface area contributed by atoms with E-state index in [1.165, 1.54) is 0 Å². The van der Waals surface area contributed by atoms with Crippen LogP contribution in [0.2, 0.25) is 0 Å². The van der Waals surface area contributed by atoms with Gasteiger partial charge in [0, 0.05) is 24.3 Å². The summed E-state index contributed by atoms with van der Waals surface area (Å²) in [7, 11) is 0. The fraction of sp³-hybridized carbons (Fsp3) is 0.588. The molecule has 0 amide bonds. The third kappa shape index (κ3) is 25.0. The van der Waals surface area contributed by atoms with Crippen molar-refractivity contribution in [3.05, 3.63) is 115 Å². The first-order valence-electron chi connectivity index (χ1n) is 28.0. The van der Waals surface area contributed by atoms with Crippen molar-refractivity contribution in [3.63, 3.8) is 0 Å². The predicted octanol–water partition coefficient (Wildman–Crippen LogP) is 12.0. The second kappa shape index (κ2) is 29.2. The molecule has 4 aromatic carbocycles. The molecule has 0 saturated heterocycles. The van der Waals surface area contributed by atoms with Crippen molar-refractivity contribution >= 4 is 23.9 Å². The fourth-order valence-electron chi connectivity index (χ4n) is 8.92. The summed E-state index contributed by atoms with van der Waals surface area (Å²) < 4.78 is 0. The maximum atomic E-state index is 10.8. The van der Waals surface area contributed by atoms with Gasteiger partial charge in [0.15, 0.2) is 0 Å². The van der Waals surface area contributed by atoms with E-state index >= 15 is 0 Å². The number of aryl methyl sites for hydroxylation is 4. The Kier molecular flexibility index (Phi) is 27.5. The van der Waals surface area contributed by atoms with Gasteiger partial charge < -0.3 is 55.2 Å².